The van der Waals surface area contributed by atoms with E-state index in [1.165, 1.54) is 0 Å². The monoisotopic (exact) mass is 319 g/mol. The number of carbonyl (C=O) groups is 1. The summed E-state index contributed by atoms with van der Waals surface area (Å²) >= 11 is 0. The Morgan fingerprint density at radius 3 is 2.62 bits per heavy atom. The molecule has 4 heteroatoms. The van der Waals surface area contributed by atoms with Crippen LogP contribution in [0.4, 0.5) is 0 Å². The van der Waals surface area contributed by atoms with E-state index >= 15 is 0 Å². The second-order valence-electron chi connectivity index (χ2n) is 6.22. The highest BCUT2D eigenvalue weighted by molar-refractivity contribution is 6.06. The van der Waals surface area contributed by atoms with Crippen LogP contribution in [0.2, 0.25) is 0 Å². The van der Waals surface area contributed by atoms with Crippen molar-refractivity contribution in [3.8, 4) is 0 Å². The Morgan fingerprint density at radius 1 is 1.08 bits per heavy atom. The predicted octanol–water partition coefficient (Wildman–Crippen LogP) is 3.99. The summed E-state index contributed by atoms with van der Waals surface area (Å²) in [5.74, 6) is 0.165. The molecule has 0 unspecified atom stereocenters. The van der Waals surface area contributed by atoms with Gasteiger partial charge >= 0.3 is 0 Å². The Bertz CT molecular complexity index is 887. The third-order valence-electron chi connectivity index (χ3n) is 3.95. The number of nitrogens with zero attached hydrogens (tertiary/aromatic N) is 2. The number of para-hydroxylation sites is 1. The first kappa shape index (κ1) is 16.1. The minimum atomic E-state index is -0.0983. The molecule has 0 aliphatic heterocycles. The smallest absolute Gasteiger partial charge is 0.252 e. The van der Waals surface area contributed by atoms with Crippen LogP contribution in [-0.2, 0) is 6.54 Å². The molecule has 0 spiro atoms. The molecule has 0 aliphatic carbocycles. The quantitative estimate of drug-likeness (QED) is 0.791. The van der Waals surface area contributed by atoms with Crippen molar-refractivity contribution >= 4 is 16.8 Å². The predicted molar refractivity (Wildman–Crippen MR) is 96.0 cm³/mol. The summed E-state index contributed by atoms with van der Waals surface area (Å²) in [7, 11) is 0. The van der Waals surface area contributed by atoms with E-state index in [4.69, 9.17) is 0 Å². The van der Waals surface area contributed by atoms with Gasteiger partial charge < -0.3 is 5.32 Å². The third kappa shape index (κ3) is 3.43. The van der Waals surface area contributed by atoms with E-state index in [0.717, 1.165) is 28.0 Å². The standard InChI is InChI=1S/C20H21N3O/c1-13(2)19-11-17(16-9-4-5-10-18(16)23-19)20(24)21-12-15-8-6-7-14(3)22-15/h4-11,13H,12H2,1-3H3,(H,21,24). The zero-order chi connectivity index (χ0) is 17.1. The highest BCUT2D eigenvalue weighted by atomic mass is 16.1. The van der Waals surface area contributed by atoms with Gasteiger partial charge in [0, 0.05) is 16.8 Å². The number of hydrogen-bond acceptors (Lipinski definition) is 3. The number of nitrogens with one attached hydrogen (secondary N) is 1. The maximum atomic E-state index is 12.7. The van der Waals surface area contributed by atoms with Gasteiger partial charge in [0.05, 0.1) is 23.3 Å². The first-order chi connectivity index (χ1) is 11.5. The van der Waals surface area contributed by atoms with Crippen molar-refractivity contribution in [2.75, 3.05) is 0 Å². The molecule has 0 radical (unpaired) electrons. The zero-order valence-electron chi connectivity index (χ0n) is 14.2. The summed E-state index contributed by atoms with van der Waals surface area (Å²) in [5.41, 5.74) is 4.23. The van der Waals surface area contributed by atoms with Gasteiger partial charge in [-0.3, -0.25) is 14.8 Å². The molecule has 0 bridgehead atoms. The lowest BCUT2D eigenvalue weighted by molar-refractivity contribution is 0.0952. The highest BCUT2D eigenvalue weighted by Crippen LogP contribution is 2.22. The largest absolute Gasteiger partial charge is 0.346 e. The van der Waals surface area contributed by atoms with Crippen LogP contribution in [0.5, 0.6) is 0 Å². The summed E-state index contributed by atoms with van der Waals surface area (Å²) in [6, 6.07) is 15.4. The van der Waals surface area contributed by atoms with Gasteiger partial charge in [-0.1, -0.05) is 38.1 Å². The molecule has 0 saturated heterocycles. The van der Waals surface area contributed by atoms with Crippen molar-refractivity contribution in [2.24, 2.45) is 0 Å². The van der Waals surface area contributed by atoms with E-state index in [1.54, 1.807) is 0 Å². The van der Waals surface area contributed by atoms with Crippen molar-refractivity contribution < 1.29 is 4.79 Å². The van der Waals surface area contributed by atoms with E-state index in [2.05, 4.69) is 29.1 Å². The number of rotatable bonds is 4. The molecule has 24 heavy (non-hydrogen) atoms. The van der Waals surface area contributed by atoms with Crippen LogP contribution in [0.25, 0.3) is 10.9 Å². The highest BCUT2D eigenvalue weighted by Gasteiger charge is 2.14. The molecule has 3 aromatic rings. The summed E-state index contributed by atoms with van der Waals surface area (Å²) in [4.78, 5) is 21.8. The number of benzene rings is 1. The van der Waals surface area contributed by atoms with Gasteiger partial charge in [-0.2, -0.15) is 0 Å². The summed E-state index contributed by atoms with van der Waals surface area (Å²) < 4.78 is 0. The van der Waals surface area contributed by atoms with E-state index in [9.17, 15) is 4.79 Å². The minimum Gasteiger partial charge on any atom is -0.346 e. The van der Waals surface area contributed by atoms with Gasteiger partial charge in [0.15, 0.2) is 0 Å². The maximum Gasteiger partial charge on any atom is 0.252 e. The fraction of sp³-hybridized carbons (Fsp3) is 0.250. The Balaban J connectivity index is 1.91. The van der Waals surface area contributed by atoms with Gasteiger partial charge in [-0.05, 0) is 37.1 Å². The summed E-state index contributed by atoms with van der Waals surface area (Å²) in [6.07, 6.45) is 0. The van der Waals surface area contributed by atoms with Crippen molar-refractivity contribution in [3.63, 3.8) is 0 Å². The average Bonchev–Trinajstić information content (AvgIpc) is 2.58. The topological polar surface area (TPSA) is 54.9 Å². The number of hydrogen-bond donors (Lipinski definition) is 1. The lowest BCUT2D eigenvalue weighted by Crippen LogP contribution is -2.24. The number of aryl methyl sites for hydroxylation is 1. The van der Waals surface area contributed by atoms with Crippen LogP contribution in [0, 0.1) is 6.92 Å². The van der Waals surface area contributed by atoms with Crippen molar-refractivity contribution in [2.45, 2.75) is 33.2 Å². The molecular formula is C20H21N3O. The number of fused-ring (bicyclic) bond motifs is 1. The second kappa shape index (κ2) is 6.79. The SMILES string of the molecule is Cc1cccc(CNC(=O)c2cc(C(C)C)nc3ccccc23)n1. The van der Waals surface area contributed by atoms with Crippen molar-refractivity contribution in [3.05, 3.63) is 71.2 Å². The number of carbonyl (C=O) groups excluding carboxylic acids is 1. The normalized spacial score (nSPS) is 11.0. The molecule has 2 heterocycles. The molecule has 1 N–H and O–H groups in total. The number of pyridine rings is 2. The minimum absolute atomic E-state index is 0.0983. The molecule has 122 valence electrons. The molecule has 0 atom stereocenters. The molecule has 2 aromatic heterocycles. The first-order valence-corrected chi connectivity index (χ1v) is 8.15. The molecule has 1 aromatic carbocycles. The Kier molecular flexibility index (Phi) is 4.56. The molecule has 0 fully saturated rings. The second-order valence-corrected chi connectivity index (χ2v) is 6.22. The zero-order valence-corrected chi connectivity index (χ0v) is 14.2. The van der Waals surface area contributed by atoms with Crippen LogP contribution < -0.4 is 5.32 Å². The maximum absolute atomic E-state index is 12.7. The summed E-state index contributed by atoms with van der Waals surface area (Å²) in [6.45, 7) is 6.51. The van der Waals surface area contributed by atoms with Crippen molar-refractivity contribution in [1.82, 2.24) is 15.3 Å². The van der Waals surface area contributed by atoms with Crippen LogP contribution >= 0.6 is 0 Å². The van der Waals surface area contributed by atoms with Crippen molar-refractivity contribution in [1.29, 1.82) is 0 Å². The fourth-order valence-corrected chi connectivity index (χ4v) is 2.64. The molecule has 1 amide bonds. The van der Waals surface area contributed by atoms with E-state index in [-0.39, 0.29) is 11.8 Å². The van der Waals surface area contributed by atoms with Crippen LogP contribution in [0.3, 0.4) is 0 Å². The number of aromatic nitrogens is 2. The van der Waals surface area contributed by atoms with Gasteiger partial charge in [0.25, 0.3) is 5.91 Å². The molecule has 4 nitrogen and oxygen atoms in total. The van der Waals surface area contributed by atoms with Gasteiger partial charge in [-0.15, -0.1) is 0 Å². The molecular weight excluding hydrogens is 298 g/mol. The van der Waals surface area contributed by atoms with Crippen LogP contribution in [-0.4, -0.2) is 15.9 Å². The Hall–Kier alpha value is -2.75. The summed E-state index contributed by atoms with van der Waals surface area (Å²) in [5, 5.41) is 3.84. The van der Waals surface area contributed by atoms with Crippen LogP contribution in [0.1, 0.15) is 47.2 Å². The van der Waals surface area contributed by atoms with Gasteiger partial charge in [0.1, 0.15) is 0 Å². The van der Waals surface area contributed by atoms with Gasteiger partial charge in [-0.25, -0.2) is 0 Å². The fourth-order valence-electron chi connectivity index (χ4n) is 2.64. The van der Waals surface area contributed by atoms with Crippen LogP contribution in [0.15, 0.2) is 48.5 Å². The lowest BCUT2D eigenvalue weighted by Gasteiger charge is -2.12. The number of amides is 1. The van der Waals surface area contributed by atoms with E-state index < -0.39 is 0 Å². The first-order valence-electron chi connectivity index (χ1n) is 8.15. The Morgan fingerprint density at radius 2 is 1.88 bits per heavy atom. The molecule has 0 saturated carbocycles. The molecule has 3 rings (SSSR count). The van der Waals surface area contributed by atoms with E-state index in [0.29, 0.717) is 12.1 Å². The van der Waals surface area contributed by atoms with Gasteiger partial charge in [0.2, 0.25) is 0 Å². The molecule has 0 aliphatic rings. The lowest BCUT2D eigenvalue weighted by atomic mass is 10.0. The Labute approximate surface area is 142 Å². The third-order valence-corrected chi connectivity index (χ3v) is 3.95. The average molecular weight is 319 g/mol. The van der Waals surface area contributed by atoms with E-state index in [1.807, 2.05) is 55.5 Å².